The number of hydrogen-bond donors (Lipinski definition) is 1. The van der Waals surface area contributed by atoms with Gasteiger partial charge in [-0.05, 0) is 57.0 Å². The van der Waals surface area contributed by atoms with Crippen LogP contribution >= 0.6 is 11.8 Å². The number of nitrogens with one attached hydrogen (secondary N) is 1. The van der Waals surface area contributed by atoms with Gasteiger partial charge in [-0.15, -0.1) is 10.2 Å². The van der Waals surface area contributed by atoms with Gasteiger partial charge in [-0.2, -0.15) is 0 Å². The quantitative estimate of drug-likeness (QED) is 0.487. The zero-order valence-corrected chi connectivity index (χ0v) is 18.7. The number of nitrogens with zero attached hydrogens (tertiary/aromatic N) is 3. The minimum Gasteiger partial charge on any atom is -0.483 e. The van der Waals surface area contributed by atoms with E-state index in [2.05, 4.69) is 34.6 Å². The van der Waals surface area contributed by atoms with Crippen molar-refractivity contribution < 1.29 is 9.53 Å². The highest BCUT2D eigenvalue weighted by Gasteiger charge is 2.19. The van der Waals surface area contributed by atoms with Crippen molar-refractivity contribution in [2.75, 3.05) is 11.1 Å². The first-order valence-corrected chi connectivity index (χ1v) is 11.2. The van der Waals surface area contributed by atoms with Crippen LogP contribution in [0.2, 0.25) is 0 Å². The fourth-order valence-electron chi connectivity index (χ4n) is 3.03. The van der Waals surface area contributed by atoms with Crippen molar-refractivity contribution in [2.45, 2.75) is 51.9 Å². The van der Waals surface area contributed by atoms with E-state index in [1.54, 1.807) is 0 Å². The summed E-state index contributed by atoms with van der Waals surface area (Å²) in [5.74, 6) is 1.74. The molecule has 0 aliphatic heterocycles. The van der Waals surface area contributed by atoms with Gasteiger partial charge in [-0.25, -0.2) is 0 Å². The van der Waals surface area contributed by atoms with Crippen LogP contribution in [0.3, 0.4) is 0 Å². The Morgan fingerprint density at radius 3 is 2.43 bits per heavy atom. The van der Waals surface area contributed by atoms with Crippen LogP contribution < -0.4 is 10.1 Å². The van der Waals surface area contributed by atoms with Crippen LogP contribution in [0.25, 0.3) is 0 Å². The molecular weight excluding hydrogens is 396 g/mol. The first kappa shape index (κ1) is 21.9. The van der Waals surface area contributed by atoms with Crippen molar-refractivity contribution in [1.29, 1.82) is 0 Å². The van der Waals surface area contributed by atoms with Gasteiger partial charge in [-0.3, -0.25) is 4.79 Å². The third-order valence-corrected chi connectivity index (χ3v) is 5.70. The highest BCUT2D eigenvalue weighted by atomic mass is 32.2. The molecule has 3 aromatic rings. The molecule has 30 heavy (non-hydrogen) atoms. The second-order valence-electron chi connectivity index (χ2n) is 7.05. The molecule has 1 aromatic heterocycles. The van der Waals surface area contributed by atoms with Crippen LogP contribution in [0.1, 0.15) is 43.8 Å². The molecule has 0 aliphatic carbocycles. The van der Waals surface area contributed by atoms with E-state index < -0.39 is 0 Å². The first-order valence-electron chi connectivity index (χ1n) is 10.2. The van der Waals surface area contributed by atoms with E-state index in [0.29, 0.717) is 11.7 Å². The highest BCUT2D eigenvalue weighted by Crippen LogP contribution is 2.25. The number of rotatable bonds is 9. The average molecular weight is 425 g/mol. The van der Waals surface area contributed by atoms with Crippen molar-refractivity contribution in [1.82, 2.24) is 14.8 Å². The topological polar surface area (TPSA) is 69.0 Å². The maximum Gasteiger partial charge on any atom is 0.234 e. The molecule has 6 nitrogen and oxygen atoms in total. The second kappa shape index (κ2) is 10.3. The van der Waals surface area contributed by atoms with E-state index in [-0.39, 0.29) is 17.8 Å². The molecule has 1 N–H and O–H groups in total. The summed E-state index contributed by atoms with van der Waals surface area (Å²) < 4.78 is 8.05. The molecular formula is C23H28N4O2S. The molecule has 1 atom stereocenters. The van der Waals surface area contributed by atoms with Gasteiger partial charge in [0.25, 0.3) is 0 Å². The van der Waals surface area contributed by atoms with Crippen LogP contribution in [-0.4, -0.2) is 26.4 Å². The SMILES string of the molecule is CCc1ccc(O[C@@H](C)c2nnc(SCC(=O)Nc3ccc(C)cc3)n2CC)cc1. The Bertz CT molecular complexity index is 968. The molecule has 158 valence electrons. The minimum absolute atomic E-state index is 0.0728. The summed E-state index contributed by atoms with van der Waals surface area (Å²) in [6.07, 6.45) is 0.749. The molecule has 0 saturated heterocycles. The van der Waals surface area contributed by atoms with Crippen molar-refractivity contribution in [3.8, 4) is 5.75 Å². The fraction of sp³-hybridized carbons (Fsp3) is 0.348. The molecule has 2 aromatic carbocycles. The maximum atomic E-state index is 12.3. The number of anilines is 1. The minimum atomic E-state index is -0.249. The zero-order valence-electron chi connectivity index (χ0n) is 17.9. The van der Waals surface area contributed by atoms with Gasteiger partial charge < -0.3 is 14.6 Å². The predicted octanol–water partition coefficient (Wildman–Crippen LogP) is 5.04. The number of hydrogen-bond acceptors (Lipinski definition) is 5. The Kier molecular flexibility index (Phi) is 7.52. The van der Waals surface area contributed by atoms with E-state index in [0.717, 1.165) is 29.2 Å². The largest absolute Gasteiger partial charge is 0.483 e. The van der Waals surface area contributed by atoms with Gasteiger partial charge in [0.2, 0.25) is 5.91 Å². The van der Waals surface area contributed by atoms with Gasteiger partial charge in [0.15, 0.2) is 17.1 Å². The molecule has 1 heterocycles. The summed E-state index contributed by atoms with van der Waals surface area (Å²) in [6, 6.07) is 15.8. The molecule has 0 fully saturated rings. The fourth-order valence-corrected chi connectivity index (χ4v) is 3.84. The highest BCUT2D eigenvalue weighted by molar-refractivity contribution is 7.99. The number of amides is 1. The third-order valence-electron chi connectivity index (χ3n) is 4.74. The van der Waals surface area contributed by atoms with E-state index in [1.807, 2.05) is 61.7 Å². The number of aryl methyl sites for hydroxylation is 2. The number of carbonyl (C=O) groups is 1. The number of benzene rings is 2. The van der Waals surface area contributed by atoms with Crippen LogP contribution in [0.15, 0.2) is 53.7 Å². The molecule has 0 aliphatic rings. The molecule has 7 heteroatoms. The lowest BCUT2D eigenvalue weighted by molar-refractivity contribution is -0.113. The summed E-state index contributed by atoms with van der Waals surface area (Å²) in [4.78, 5) is 12.3. The number of thioether (sulfide) groups is 1. The smallest absolute Gasteiger partial charge is 0.234 e. The predicted molar refractivity (Wildman–Crippen MR) is 121 cm³/mol. The van der Waals surface area contributed by atoms with Gasteiger partial charge in [-0.1, -0.05) is 48.5 Å². The van der Waals surface area contributed by atoms with Gasteiger partial charge in [0, 0.05) is 12.2 Å². The standard InChI is InChI=1S/C23H28N4O2S/c1-5-18-9-13-20(14-10-18)29-17(4)22-25-26-23(27(22)6-2)30-15-21(28)24-19-11-7-16(3)8-12-19/h7-14,17H,5-6,15H2,1-4H3,(H,24,28)/t17-/m0/s1. The van der Waals surface area contributed by atoms with E-state index in [1.165, 1.54) is 17.3 Å². The van der Waals surface area contributed by atoms with Gasteiger partial charge >= 0.3 is 0 Å². The Morgan fingerprint density at radius 1 is 1.10 bits per heavy atom. The van der Waals surface area contributed by atoms with Crippen molar-refractivity contribution >= 4 is 23.4 Å². The lowest BCUT2D eigenvalue weighted by Gasteiger charge is -2.16. The molecule has 0 bridgehead atoms. The van der Waals surface area contributed by atoms with E-state index in [4.69, 9.17) is 4.74 Å². The Hall–Kier alpha value is -2.80. The maximum absolute atomic E-state index is 12.3. The lowest BCUT2D eigenvalue weighted by atomic mass is 10.2. The molecule has 1 amide bonds. The van der Waals surface area contributed by atoms with E-state index >= 15 is 0 Å². The molecule has 0 unspecified atom stereocenters. The summed E-state index contributed by atoms with van der Waals surface area (Å²) >= 11 is 1.37. The number of carbonyl (C=O) groups excluding carboxylic acids is 1. The van der Waals surface area contributed by atoms with Crippen LogP contribution in [0.4, 0.5) is 5.69 Å². The molecule has 0 spiro atoms. The molecule has 0 radical (unpaired) electrons. The third kappa shape index (κ3) is 5.63. The Morgan fingerprint density at radius 2 is 1.80 bits per heavy atom. The molecule has 3 rings (SSSR count). The Labute approximate surface area is 182 Å². The lowest BCUT2D eigenvalue weighted by Crippen LogP contribution is -2.15. The van der Waals surface area contributed by atoms with Crippen LogP contribution in [0.5, 0.6) is 5.75 Å². The monoisotopic (exact) mass is 424 g/mol. The molecule has 0 saturated carbocycles. The van der Waals surface area contributed by atoms with Gasteiger partial charge in [0.05, 0.1) is 5.75 Å². The van der Waals surface area contributed by atoms with Gasteiger partial charge in [0.1, 0.15) is 5.75 Å². The number of aromatic nitrogens is 3. The van der Waals surface area contributed by atoms with Crippen molar-refractivity contribution in [3.63, 3.8) is 0 Å². The first-order chi connectivity index (χ1) is 14.5. The van der Waals surface area contributed by atoms with E-state index in [9.17, 15) is 4.79 Å². The Balaban J connectivity index is 1.61. The zero-order chi connectivity index (χ0) is 21.5. The van der Waals surface area contributed by atoms with Crippen LogP contribution in [0, 0.1) is 6.92 Å². The number of ether oxygens (including phenoxy) is 1. The second-order valence-corrected chi connectivity index (χ2v) is 7.99. The summed E-state index contributed by atoms with van der Waals surface area (Å²) in [5, 5.41) is 12.2. The van der Waals surface area contributed by atoms with Crippen LogP contribution in [-0.2, 0) is 17.8 Å². The average Bonchev–Trinajstić information content (AvgIpc) is 3.17. The van der Waals surface area contributed by atoms with Crippen molar-refractivity contribution in [2.24, 2.45) is 0 Å². The normalized spacial score (nSPS) is 11.9. The summed E-state index contributed by atoms with van der Waals surface area (Å²) in [5.41, 5.74) is 3.22. The summed E-state index contributed by atoms with van der Waals surface area (Å²) in [6.45, 7) is 8.84. The van der Waals surface area contributed by atoms with Crippen molar-refractivity contribution in [3.05, 3.63) is 65.5 Å². The summed E-state index contributed by atoms with van der Waals surface area (Å²) in [7, 11) is 0.